The number of rotatable bonds is 1. The van der Waals surface area contributed by atoms with Crippen LogP contribution >= 0.6 is 0 Å². The number of ether oxygens (including phenoxy) is 2. The lowest BCUT2D eigenvalue weighted by molar-refractivity contribution is -0.154. The van der Waals surface area contributed by atoms with Gasteiger partial charge in [0.15, 0.2) is 0 Å². The molecule has 1 aliphatic carbocycles. The summed E-state index contributed by atoms with van der Waals surface area (Å²) in [5.41, 5.74) is 4.59. The van der Waals surface area contributed by atoms with E-state index in [1.165, 1.54) is 11.1 Å². The van der Waals surface area contributed by atoms with Crippen molar-refractivity contribution in [1.29, 1.82) is 0 Å². The third kappa shape index (κ3) is 7.17. The number of allylic oxidation sites excluding steroid dienone is 4. The van der Waals surface area contributed by atoms with Gasteiger partial charge < -0.3 is 9.47 Å². The van der Waals surface area contributed by atoms with E-state index >= 15 is 0 Å². The molecule has 2 heterocycles. The Morgan fingerprint density at radius 3 is 1.37 bits per heavy atom. The Kier molecular flexibility index (Phi) is 9.34. The molecule has 0 spiro atoms. The first-order chi connectivity index (χ1) is 12.0. The molecule has 2 aliphatic heterocycles. The summed E-state index contributed by atoms with van der Waals surface area (Å²) in [6.45, 7) is 15.2. The van der Waals surface area contributed by atoms with E-state index in [4.69, 9.17) is 0 Å². The Hall–Kier alpha value is -2.76. The molecule has 1 saturated heterocycles. The van der Waals surface area contributed by atoms with Crippen LogP contribution in [0.3, 0.4) is 0 Å². The molecule has 27 heavy (non-hydrogen) atoms. The number of hydrogen-bond donors (Lipinski definition) is 0. The van der Waals surface area contributed by atoms with Gasteiger partial charge in [-0.3, -0.25) is 9.59 Å². The maximum Gasteiger partial charge on any atom is 0.338 e. The van der Waals surface area contributed by atoms with E-state index in [1.54, 1.807) is 0 Å². The third-order valence-corrected chi connectivity index (χ3v) is 4.36. The molecular weight excluding hydrogens is 348 g/mol. The van der Waals surface area contributed by atoms with E-state index in [-0.39, 0.29) is 31.2 Å². The van der Waals surface area contributed by atoms with E-state index in [1.807, 2.05) is 27.7 Å². The zero-order chi connectivity index (χ0) is 20.0. The summed E-state index contributed by atoms with van der Waals surface area (Å²) in [5.74, 6) is -2.22. The van der Waals surface area contributed by atoms with Crippen molar-refractivity contribution in [3.8, 4) is 0 Å². The number of carbonyl (C=O) groups is 4. The van der Waals surface area contributed by atoms with E-state index in [2.05, 4.69) is 22.6 Å². The van der Waals surface area contributed by atoms with Gasteiger partial charge in [0, 0.05) is 12.2 Å². The lowest BCUT2D eigenvalue weighted by atomic mass is 9.78. The smallest absolute Gasteiger partial charge is 0.338 e. The fourth-order valence-corrected chi connectivity index (χ4v) is 2.34. The molecule has 0 radical (unpaired) electrons. The zero-order valence-corrected chi connectivity index (χ0v) is 15.6. The summed E-state index contributed by atoms with van der Waals surface area (Å²) in [6, 6.07) is 0. The van der Waals surface area contributed by atoms with Gasteiger partial charge in [-0.2, -0.15) is 0 Å². The van der Waals surface area contributed by atoms with Gasteiger partial charge in [0.2, 0.25) is 0 Å². The van der Waals surface area contributed by atoms with Gasteiger partial charge in [0.1, 0.15) is 0 Å². The Labute approximate surface area is 160 Å². The van der Waals surface area contributed by atoms with Gasteiger partial charge >= 0.3 is 23.9 Å². The van der Waals surface area contributed by atoms with Crippen LogP contribution in [0.15, 0.2) is 47.6 Å². The number of hydrogen-bond acceptors (Lipinski definition) is 6. The maximum atomic E-state index is 11.2. The molecule has 3 rings (SSSR count). The van der Waals surface area contributed by atoms with Gasteiger partial charge in [-0.05, 0) is 40.5 Å². The van der Waals surface area contributed by atoms with Crippen molar-refractivity contribution in [2.75, 3.05) is 0 Å². The normalized spacial score (nSPS) is 22.4. The minimum atomic E-state index is -0.579. The average Bonchev–Trinajstić information content (AvgIpc) is 3.04. The maximum absolute atomic E-state index is 11.2. The molecule has 0 saturated carbocycles. The largest absolute Gasteiger partial charge is 0.393 e. The van der Waals surface area contributed by atoms with Crippen molar-refractivity contribution >= 4 is 23.9 Å². The first kappa shape index (κ1) is 24.2. The summed E-state index contributed by atoms with van der Waals surface area (Å²) in [5, 5.41) is 0. The number of cyclic esters (lactones) is 4. The highest BCUT2D eigenvalue weighted by Gasteiger charge is 2.46. The second kappa shape index (κ2) is 10.4. The van der Waals surface area contributed by atoms with Gasteiger partial charge in [0.25, 0.3) is 0 Å². The predicted octanol–water partition coefficient (Wildman–Crippen LogP) is 3.83. The predicted molar refractivity (Wildman–Crippen MR) is 102 cm³/mol. The Bertz CT molecular complexity index is 665. The molecule has 3 aliphatic rings. The zero-order valence-electron chi connectivity index (χ0n) is 15.6. The second-order valence-corrected chi connectivity index (χ2v) is 6.56. The van der Waals surface area contributed by atoms with Crippen LogP contribution in [0.5, 0.6) is 0 Å². The summed E-state index contributed by atoms with van der Waals surface area (Å²) < 4.78 is 8.57. The molecule has 0 bridgehead atoms. The SMILES string of the molecule is C.C=C(C)C(=C)C.CC1=C(C)CC2C(=O)OC(=O)C2C1.O=C1C=CC(=O)O1. The average molecular weight is 376 g/mol. The minimum absolute atomic E-state index is 0. The molecule has 1 fully saturated rings. The van der Waals surface area contributed by atoms with Crippen molar-refractivity contribution in [1.82, 2.24) is 0 Å². The molecule has 0 N–H and O–H groups in total. The van der Waals surface area contributed by atoms with Gasteiger partial charge in [-0.1, -0.05) is 42.9 Å². The quantitative estimate of drug-likeness (QED) is 0.299. The molecule has 2 atom stereocenters. The van der Waals surface area contributed by atoms with Crippen LogP contribution in [0, 0.1) is 11.8 Å². The first-order valence-electron chi connectivity index (χ1n) is 8.19. The lowest BCUT2D eigenvalue weighted by Gasteiger charge is -2.21. The topological polar surface area (TPSA) is 86.7 Å². The number of fused-ring (bicyclic) bond motifs is 1. The van der Waals surface area contributed by atoms with Crippen molar-refractivity contribution in [2.45, 2.75) is 48.0 Å². The highest BCUT2D eigenvalue weighted by atomic mass is 16.6. The highest BCUT2D eigenvalue weighted by Crippen LogP contribution is 2.39. The fraction of sp³-hybridized carbons (Fsp3) is 0.429. The van der Waals surface area contributed by atoms with Gasteiger partial charge in [0.05, 0.1) is 11.8 Å². The van der Waals surface area contributed by atoms with Crippen molar-refractivity contribution in [2.24, 2.45) is 11.8 Å². The van der Waals surface area contributed by atoms with Crippen molar-refractivity contribution in [3.05, 3.63) is 47.6 Å². The lowest BCUT2D eigenvalue weighted by Crippen LogP contribution is -2.22. The van der Waals surface area contributed by atoms with Gasteiger partial charge in [-0.15, -0.1) is 0 Å². The summed E-state index contributed by atoms with van der Waals surface area (Å²) in [7, 11) is 0. The standard InChI is InChI=1S/C10H12O3.C6H10.C4H2O3.CH4/c1-5-3-7-8(4-6(5)2)10(12)13-9(7)11;1-5(2)6(3)4;5-3-1-2-4(6)7-3;/h7-8H,3-4H2,1-2H3;1,3H2,2,4H3;1-2H;1H4. The summed E-state index contributed by atoms with van der Waals surface area (Å²) >= 11 is 0. The Morgan fingerprint density at radius 1 is 0.815 bits per heavy atom. The molecule has 0 amide bonds. The molecule has 0 aromatic rings. The van der Waals surface area contributed by atoms with Crippen LogP contribution < -0.4 is 0 Å². The molecule has 2 unspecified atom stereocenters. The van der Waals surface area contributed by atoms with Crippen LogP contribution in [-0.4, -0.2) is 23.9 Å². The van der Waals surface area contributed by atoms with Crippen LogP contribution in [0.4, 0.5) is 0 Å². The Balaban J connectivity index is 0.000000413. The van der Waals surface area contributed by atoms with Crippen molar-refractivity contribution in [3.63, 3.8) is 0 Å². The molecule has 6 heteroatoms. The second-order valence-electron chi connectivity index (χ2n) is 6.56. The molecule has 6 nitrogen and oxygen atoms in total. The summed E-state index contributed by atoms with van der Waals surface area (Å²) in [6.07, 6.45) is 3.56. The van der Waals surface area contributed by atoms with Crippen LogP contribution in [0.25, 0.3) is 0 Å². The van der Waals surface area contributed by atoms with E-state index in [0.29, 0.717) is 12.8 Å². The fourth-order valence-electron chi connectivity index (χ4n) is 2.34. The van der Waals surface area contributed by atoms with Crippen LogP contribution in [0.1, 0.15) is 48.0 Å². The molecule has 148 valence electrons. The summed E-state index contributed by atoms with van der Waals surface area (Å²) in [4.78, 5) is 42.3. The third-order valence-electron chi connectivity index (χ3n) is 4.36. The molecular formula is C21H28O6. The Morgan fingerprint density at radius 2 is 1.15 bits per heavy atom. The first-order valence-corrected chi connectivity index (χ1v) is 8.19. The van der Waals surface area contributed by atoms with E-state index in [9.17, 15) is 19.2 Å². The number of esters is 4. The van der Waals surface area contributed by atoms with Gasteiger partial charge in [-0.25, -0.2) is 9.59 Å². The highest BCUT2D eigenvalue weighted by molar-refractivity contribution is 6.04. The van der Waals surface area contributed by atoms with E-state index < -0.39 is 11.9 Å². The van der Waals surface area contributed by atoms with Crippen LogP contribution in [0.2, 0.25) is 0 Å². The monoisotopic (exact) mass is 376 g/mol. The molecule has 0 aromatic carbocycles. The van der Waals surface area contributed by atoms with E-state index in [0.717, 1.165) is 23.3 Å². The molecule has 0 aromatic heterocycles. The van der Waals surface area contributed by atoms with Crippen molar-refractivity contribution < 1.29 is 28.7 Å². The van der Waals surface area contributed by atoms with Crippen LogP contribution in [-0.2, 0) is 28.7 Å². The minimum Gasteiger partial charge on any atom is -0.393 e. The number of carbonyl (C=O) groups excluding carboxylic acids is 4.